The number of ether oxygens (including phenoxy) is 1. The van der Waals surface area contributed by atoms with E-state index >= 15 is 0 Å². The van der Waals surface area contributed by atoms with Crippen LogP contribution in [0, 0.1) is 6.92 Å². The highest BCUT2D eigenvalue weighted by Crippen LogP contribution is 2.22. The summed E-state index contributed by atoms with van der Waals surface area (Å²) in [7, 11) is -3.57. The molecule has 0 spiro atoms. The Morgan fingerprint density at radius 1 is 1.47 bits per heavy atom. The van der Waals surface area contributed by atoms with Crippen molar-refractivity contribution in [2.45, 2.75) is 31.8 Å². The zero-order valence-corrected chi connectivity index (χ0v) is 12.8. The summed E-state index contributed by atoms with van der Waals surface area (Å²) in [5.41, 5.74) is 0.765. The maximum Gasteiger partial charge on any atom is 0.240 e. The van der Waals surface area contributed by atoms with E-state index in [2.05, 4.69) is 11.3 Å². The van der Waals surface area contributed by atoms with Gasteiger partial charge in [0.15, 0.2) is 0 Å². The molecule has 4 nitrogen and oxygen atoms in total. The molecule has 6 heteroatoms. The monoisotopic (exact) mass is 303 g/mol. The van der Waals surface area contributed by atoms with E-state index in [0.29, 0.717) is 5.75 Å². The molecule has 0 amide bonds. The van der Waals surface area contributed by atoms with Crippen molar-refractivity contribution in [1.82, 2.24) is 4.72 Å². The SMILES string of the molecule is C=C(Cl)CNS(=O)(=O)c1ccc(OC(C)C)c(C)c1. The number of aryl methyl sites for hydroxylation is 1. The topological polar surface area (TPSA) is 55.4 Å². The summed E-state index contributed by atoms with van der Waals surface area (Å²) in [6.45, 7) is 9.07. The van der Waals surface area contributed by atoms with Crippen LogP contribution < -0.4 is 9.46 Å². The van der Waals surface area contributed by atoms with Crippen LogP contribution in [0.3, 0.4) is 0 Å². The summed E-state index contributed by atoms with van der Waals surface area (Å²) >= 11 is 5.54. The van der Waals surface area contributed by atoms with E-state index in [1.165, 1.54) is 6.07 Å². The van der Waals surface area contributed by atoms with Crippen molar-refractivity contribution in [1.29, 1.82) is 0 Å². The standard InChI is InChI=1S/C13H18ClNO3S/c1-9(2)18-13-6-5-12(7-10(13)3)19(16,17)15-8-11(4)14/h5-7,9,15H,4,8H2,1-3H3. The van der Waals surface area contributed by atoms with Gasteiger partial charge < -0.3 is 4.74 Å². The van der Waals surface area contributed by atoms with Crippen LogP contribution in [0.25, 0.3) is 0 Å². The number of halogens is 1. The van der Waals surface area contributed by atoms with Gasteiger partial charge in [0, 0.05) is 11.6 Å². The molecule has 1 rings (SSSR count). The molecule has 1 aromatic carbocycles. The smallest absolute Gasteiger partial charge is 0.240 e. The number of nitrogens with one attached hydrogen (secondary N) is 1. The highest BCUT2D eigenvalue weighted by atomic mass is 35.5. The second kappa shape index (κ2) is 6.41. The Bertz CT molecular complexity index is 567. The maximum absolute atomic E-state index is 12.0. The van der Waals surface area contributed by atoms with Crippen LogP contribution in [0.1, 0.15) is 19.4 Å². The third-order valence-corrected chi connectivity index (χ3v) is 3.81. The molecule has 1 aromatic rings. The summed E-state index contributed by atoms with van der Waals surface area (Å²) in [5, 5.41) is 0.236. The van der Waals surface area contributed by atoms with Crippen molar-refractivity contribution in [2.24, 2.45) is 0 Å². The van der Waals surface area contributed by atoms with Crippen LogP contribution in [-0.4, -0.2) is 21.1 Å². The Morgan fingerprint density at radius 3 is 2.58 bits per heavy atom. The number of rotatable bonds is 6. The van der Waals surface area contributed by atoms with Gasteiger partial charge in [0.1, 0.15) is 5.75 Å². The molecule has 0 fully saturated rings. The van der Waals surface area contributed by atoms with Crippen LogP contribution in [0.15, 0.2) is 34.7 Å². The lowest BCUT2D eigenvalue weighted by atomic mass is 10.2. The second-order valence-corrected chi connectivity index (χ2v) is 6.74. The predicted molar refractivity (Wildman–Crippen MR) is 77.1 cm³/mol. The highest BCUT2D eigenvalue weighted by molar-refractivity contribution is 7.89. The van der Waals surface area contributed by atoms with E-state index < -0.39 is 10.0 Å². The summed E-state index contributed by atoms with van der Waals surface area (Å²) in [6, 6.07) is 4.72. The Hall–Kier alpha value is -1.04. The van der Waals surface area contributed by atoms with Gasteiger partial charge in [0.2, 0.25) is 10.0 Å². The molecule has 0 radical (unpaired) electrons. The first-order valence-electron chi connectivity index (χ1n) is 5.82. The molecule has 0 unspecified atom stereocenters. The fourth-order valence-corrected chi connectivity index (χ4v) is 2.69. The minimum atomic E-state index is -3.57. The van der Waals surface area contributed by atoms with Gasteiger partial charge in [-0.25, -0.2) is 13.1 Å². The fourth-order valence-electron chi connectivity index (χ4n) is 1.43. The Morgan fingerprint density at radius 2 is 2.11 bits per heavy atom. The van der Waals surface area contributed by atoms with Gasteiger partial charge in [-0.3, -0.25) is 0 Å². The van der Waals surface area contributed by atoms with Gasteiger partial charge in [-0.15, -0.1) is 0 Å². The van der Waals surface area contributed by atoms with E-state index in [0.717, 1.165) is 5.56 Å². The van der Waals surface area contributed by atoms with Gasteiger partial charge in [-0.2, -0.15) is 0 Å². The number of benzene rings is 1. The van der Waals surface area contributed by atoms with Crippen molar-refractivity contribution >= 4 is 21.6 Å². The highest BCUT2D eigenvalue weighted by Gasteiger charge is 2.15. The normalized spacial score (nSPS) is 11.6. The predicted octanol–water partition coefficient (Wildman–Crippen LogP) is 2.81. The molecule has 0 aromatic heterocycles. The minimum absolute atomic E-state index is 0.00713. The van der Waals surface area contributed by atoms with Crippen LogP contribution in [0.5, 0.6) is 5.75 Å². The molecule has 0 aliphatic carbocycles. The van der Waals surface area contributed by atoms with Crippen molar-refractivity contribution in [3.63, 3.8) is 0 Å². The zero-order chi connectivity index (χ0) is 14.6. The molecule has 0 aliphatic heterocycles. The fraction of sp³-hybridized carbons (Fsp3) is 0.385. The first-order chi connectivity index (χ1) is 8.72. The molecule has 0 saturated heterocycles. The lowest BCUT2D eigenvalue weighted by molar-refractivity contribution is 0.240. The van der Waals surface area contributed by atoms with Crippen LogP contribution >= 0.6 is 11.6 Å². The van der Waals surface area contributed by atoms with Gasteiger partial charge in [0.05, 0.1) is 11.0 Å². The number of hydrogen-bond donors (Lipinski definition) is 1. The first-order valence-corrected chi connectivity index (χ1v) is 7.68. The number of hydrogen-bond acceptors (Lipinski definition) is 3. The van der Waals surface area contributed by atoms with Crippen LogP contribution in [0.2, 0.25) is 0 Å². The summed E-state index contributed by atoms with van der Waals surface area (Å²) in [6.07, 6.45) is 0.0406. The molecule has 0 aliphatic rings. The largest absolute Gasteiger partial charge is 0.491 e. The van der Waals surface area contributed by atoms with Gasteiger partial charge >= 0.3 is 0 Å². The Balaban J connectivity index is 2.97. The molecule has 0 bridgehead atoms. The van der Waals surface area contributed by atoms with Gasteiger partial charge in [-0.05, 0) is 44.5 Å². The first kappa shape index (κ1) is 16.0. The van der Waals surface area contributed by atoms with Gasteiger partial charge in [-0.1, -0.05) is 18.2 Å². The lowest BCUT2D eigenvalue weighted by Gasteiger charge is -2.13. The lowest BCUT2D eigenvalue weighted by Crippen LogP contribution is -2.25. The molecule has 106 valence electrons. The minimum Gasteiger partial charge on any atom is -0.491 e. The molecule has 1 N–H and O–H groups in total. The number of sulfonamides is 1. The maximum atomic E-state index is 12.0. The molecule has 19 heavy (non-hydrogen) atoms. The third kappa shape index (κ3) is 4.86. The second-order valence-electron chi connectivity index (χ2n) is 4.44. The van der Waals surface area contributed by atoms with Gasteiger partial charge in [0.25, 0.3) is 0 Å². The van der Waals surface area contributed by atoms with Crippen LogP contribution in [0.4, 0.5) is 0 Å². The molecule has 0 saturated carbocycles. The Labute approximate surface area is 119 Å². The zero-order valence-electron chi connectivity index (χ0n) is 11.2. The van der Waals surface area contributed by atoms with E-state index in [4.69, 9.17) is 16.3 Å². The summed E-state index contributed by atoms with van der Waals surface area (Å²) < 4.78 is 31.9. The average molecular weight is 304 g/mol. The van der Waals surface area contributed by atoms with Crippen molar-refractivity contribution in [3.05, 3.63) is 35.4 Å². The van der Waals surface area contributed by atoms with Crippen molar-refractivity contribution < 1.29 is 13.2 Å². The Kier molecular flexibility index (Phi) is 5.40. The molecule has 0 heterocycles. The van der Waals surface area contributed by atoms with Crippen molar-refractivity contribution in [3.8, 4) is 5.75 Å². The van der Waals surface area contributed by atoms with E-state index in [1.807, 2.05) is 13.8 Å². The molecular formula is C13H18ClNO3S. The van der Waals surface area contributed by atoms with Crippen molar-refractivity contribution in [2.75, 3.05) is 6.54 Å². The van der Waals surface area contributed by atoms with Crippen LogP contribution in [-0.2, 0) is 10.0 Å². The average Bonchev–Trinajstić information content (AvgIpc) is 2.28. The molecule has 0 atom stereocenters. The third-order valence-electron chi connectivity index (χ3n) is 2.27. The summed E-state index contributed by atoms with van der Waals surface area (Å²) in [5.74, 6) is 0.677. The quantitative estimate of drug-likeness (QED) is 0.879. The van der Waals surface area contributed by atoms with E-state index in [9.17, 15) is 8.42 Å². The van der Waals surface area contributed by atoms with E-state index in [-0.39, 0.29) is 22.6 Å². The summed E-state index contributed by atoms with van der Waals surface area (Å²) in [4.78, 5) is 0.180. The molecular weight excluding hydrogens is 286 g/mol. The van der Waals surface area contributed by atoms with E-state index in [1.54, 1.807) is 19.1 Å².